The molecule has 0 amide bonds. The number of halogens is 3. The summed E-state index contributed by atoms with van der Waals surface area (Å²) in [5.74, 6) is -0.235. The fraction of sp³-hybridized carbons (Fsp3) is 0.111. The van der Waals surface area contributed by atoms with E-state index in [4.69, 9.17) is 11.6 Å². The first-order chi connectivity index (χ1) is 10.1. The lowest BCUT2D eigenvalue weighted by atomic mass is 9.95. The van der Waals surface area contributed by atoms with Gasteiger partial charge in [0, 0.05) is 3.57 Å². The van der Waals surface area contributed by atoms with E-state index in [0.29, 0.717) is 0 Å². The minimum Gasteiger partial charge on any atom is -0.207 e. The number of rotatable bonds is 2. The zero-order valence-corrected chi connectivity index (χ0v) is 14.3. The Morgan fingerprint density at radius 1 is 0.952 bits per heavy atom. The van der Waals surface area contributed by atoms with Crippen LogP contribution >= 0.6 is 34.2 Å². The van der Waals surface area contributed by atoms with Gasteiger partial charge in [-0.15, -0.1) is 11.6 Å². The highest BCUT2D eigenvalue weighted by molar-refractivity contribution is 14.1. The van der Waals surface area contributed by atoms with Crippen molar-refractivity contribution >= 4 is 45.0 Å². The molecule has 0 heterocycles. The molecule has 0 fully saturated rings. The summed E-state index contributed by atoms with van der Waals surface area (Å²) in [5.41, 5.74) is 3.22. The summed E-state index contributed by atoms with van der Waals surface area (Å²) >= 11 is 8.83. The Kier molecular flexibility index (Phi) is 4.18. The SMILES string of the molecule is Cc1ccc(C(Cl)c2ccc(F)cc2I)c2ccccc12. The van der Waals surface area contributed by atoms with E-state index in [1.807, 2.05) is 12.1 Å². The number of benzene rings is 3. The van der Waals surface area contributed by atoms with Crippen molar-refractivity contribution < 1.29 is 4.39 Å². The van der Waals surface area contributed by atoms with Crippen LogP contribution in [-0.2, 0) is 0 Å². The van der Waals surface area contributed by atoms with E-state index >= 15 is 0 Å². The molecule has 1 atom stereocenters. The van der Waals surface area contributed by atoms with E-state index in [1.165, 1.54) is 23.1 Å². The van der Waals surface area contributed by atoms with Crippen LogP contribution in [0.4, 0.5) is 4.39 Å². The van der Waals surface area contributed by atoms with Gasteiger partial charge >= 0.3 is 0 Å². The second kappa shape index (κ2) is 5.93. The average Bonchev–Trinajstić information content (AvgIpc) is 2.47. The smallest absolute Gasteiger partial charge is 0.124 e. The predicted molar refractivity (Wildman–Crippen MR) is 95.5 cm³/mol. The van der Waals surface area contributed by atoms with Crippen molar-refractivity contribution in [1.29, 1.82) is 0 Å². The maximum Gasteiger partial charge on any atom is 0.124 e. The maximum atomic E-state index is 13.3. The number of alkyl halides is 1. The molecule has 3 aromatic rings. The first kappa shape index (κ1) is 14.8. The van der Waals surface area contributed by atoms with Gasteiger partial charge in [-0.05, 0) is 69.1 Å². The van der Waals surface area contributed by atoms with Crippen molar-refractivity contribution in [3.8, 4) is 0 Å². The molecule has 0 aliphatic rings. The summed E-state index contributed by atoms with van der Waals surface area (Å²) in [4.78, 5) is 0. The highest BCUT2D eigenvalue weighted by Gasteiger charge is 2.17. The van der Waals surface area contributed by atoms with Crippen LogP contribution in [0, 0.1) is 16.3 Å². The van der Waals surface area contributed by atoms with Crippen LogP contribution in [-0.4, -0.2) is 0 Å². The predicted octanol–water partition coefficient (Wildman–Crippen LogP) is 6.22. The van der Waals surface area contributed by atoms with Gasteiger partial charge in [0.2, 0.25) is 0 Å². The second-order valence-electron chi connectivity index (χ2n) is 5.05. The van der Waals surface area contributed by atoms with Gasteiger partial charge in [-0.25, -0.2) is 4.39 Å². The van der Waals surface area contributed by atoms with Crippen LogP contribution in [0.3, 0.4) is 0 Å². The van der Waals surface area contributed by atoms with Crippen LogP contribution in [0.2, 0.25) is 0 Å². The van der Waals surface area contributed by atoms with Crippen molar-refractivity contribution in [2.75, 3.05) is 0 Å². The summed E-state index contributed by atoms with van der Waals surface area (Å²) in [7, 11) is 0. The molecule has 0 aromatic heterocycles. The normalized spacial score (nSPS) is 12.6. The largest absolute Gasteiger partial charge is 0.207 e. The lowest BCUT2D eigenvalue weighted by molar-refractivity contribution is 0.626. The summed E-state index contributed by atoms with van der Waals surface area (Å²) in [5, 5.41) is 2.07. The maximum absolute atomic E-state index is 13.3. The minimum atomic E-state index is -0.289. The molecule has 0 spiro atoms. The second-order valence-corrected chi connectivity index (χ2v) is 6.64. The van der Waals surface area contributed by atoms with Crippen molar-refractivity contribution in [3.05, 3.63) is 80.7 Å². The standard InChI is InChI=1S/C18H13ClFI/c1-11-6-8-15(14-5-3-2-4-13(11)14)18(19)16-9-7-12(20)10-17(16)21/h2-10,18H,1H3. The van der Waals surface area contributed by atoms with Gasteiger partial charge in [0.15, 0.2) is 0 Å². The Bertz CT molecular complexity index is 813. The number of fused-ring (bicyclic) bond motifs is 1. The lowest BCUT2D eigenvalue weighted by Gasteiger charge is -2.16. The molecule has 0 radical (unpaired) electrons. The summed E-state index contributed by atoms with van der Waals surface area (Å²) in [6.07, 6.45) is 0. The van der Waals surface area contributed by atoms with Crippen molar-refractivity contribution in [3.63, 3.8) is 0 Å². The Morgan fingerprint density at radius 2 is 1.62 bits per heavy atom. The van der Waals surface area contributed by atoms with Crippen molar-refractivity contribution in [1.82, 2.24) is 0 Å². The molecule has 0 N–H and O–H groups in total. The molecule has 0 saturated carbocycles. The fourth-order valence-electron chi connectivity index (χ4n) is 2.57. The molecule has 0 nitrogen and oxygen atoms in total. The highest BCUT2D eigenvalue weighted by atomic mass is 127. The minimum absolute atomic E-state index is 0.235. The van der Waals surface area contributed by atoms with Crippen LogP contribution in [0.1, 0.15) is 22.1 Å². The Morgan fingerprint density at radius 3 is 2.33 bits per heavy atom. The third-order valence-electron chi connectivity index (χ3n) is 3.68. The first-order valence-corrected chi connectivity index (χ1v) is 8.16. The molecule has 1 unspecified atom stereocenters. The summed E-state index contributed by atoms with van der Waals surface area (Å²) in [6.45, 7) is 2.09. The summed E-state index contributed by atoms with van der Waals surface area (Å²) in [6, 6.07) is 17.1. The number of hydrogen-bond acceptors (Lipinski definition) is 0. The van der Waals surface area contributed by atoms with Gasteiger partial charge in [0.05, 0.1) is 5.38 Å². The van der Waals surface area contributed by atoms with E-state index in [1.54, 1.807) is 6.07 Å². The average molecular weight is 411 g/mol. The summed E-state index contributed by atoms with van der Waals surface area (Å²) < 4.78 is 14.1. The fourth-order valence-corrected chi connectivity index (χ4v) is 3.92. The molecule has 3 rings (SSSR count). The van der Waals surface area contributed by atoms with Gasteiger partial charge in [-0.3, -0.25) is 0 Å². The van der Waals surface area contributed by atoms with Crippen LogP contribution in [0.15, 0.2) is 54.6 Å². The molecule has 0 aliphatic carbocycles. The zero-order valence-electron chi connectivity index (χ0n) is 11.4. The van der Waals surface area contributed by atoms with Gasteiger partial charge in [0.25, 0.3) is 0 Å². The highest BCUT2D eigenvalue weighted by Crippen LogP contribution is 2.36. The van der Waals surface area contributed by atoms with E-state index in [0.717, 1.165) is 20.1 Å². The molecule has 0 bridgehead atoms. The molecular weight excluding hydrogens is 398 g/mol. The molecular formula is C18H13ClFI. The van der Waals surface area contributed by atoms with E-state index in [2.05, 4.69) is 53.8 Å². The van der Waals surface area contributed by atoms with Crippen LogP contribution < -0.4 is 0 Å². The Balaban J connectivity index is 2.18. The first-order valence-electron chi connectivity index (χ1n) is 6.65. The number of hydrogen-bond donors (Lipinski definition) is 0. The molecule has 3 heteroatoms. The third kappa shape index (κ3) is 2.79. The van der Waals surface area contributed by atoms with Gasteiger partial charge in [-0.1, -0.05) is 42.5 Å². The molecule has 0 saturated heterocycles. The molecule has 106 valence electrons. The topological polar surface area (TPSA) is 0 Å². The lowest BCUT2D eigenvalue weighted by Crippen LogP contribution is -1.98. The molecule has 21 heavy (non-hydrogen) atoms. The Hall–Kier alpha value is -1.13. The van der Waals surface area contributed by atoms with Crippen molar-refractivity contribution in [2.24, 2.45) is 0 Å². The van der Waals surface area contributed by atoms with E-state index in [-0.39, 0.29) is 11.2 Å². The van der Waals surface area contributed by atoms with Gasteiger partial charge in [0.1, 0.15) is 5.82 Å². The monoisotopic (exact) mass is 410 g/mol. The van der Waals surface area contributed by atoms with Gasteiger partial charge in [-0.2, -0.15) is 0 Å². The van der Waals surface area contributed by atoms with Crippen molar-refractivity contribution in [2.45, 2.75) is 12.3 Å². The Labute approximate surface area is 142 Å². The molecule has 0 aliphatic heterocycles. The quantitative estimate of drug-likeness (QED) is 0.347. The van der Waals surface area contributed by atoms with E-state index in [9.17, 15) is 4.39 Å². The van der Waals surface area contributed by atoms with Crippen LogP contribution in [0.5, 0.6) is 0 Å². The zero-order chi connectivity index (χ0) is 15.0. The number of aryl methyl sites for hydroxylation is 1. The van der Waals surface area contributed by atoms with E-state index < -0.39 is 0 Å². The third-order valence-corrected chi connectivity index (χ3v) is 5.09. The van der Waals surface area contributed by atoms with Crippen LogP contribution in [0.25, 0.3) is 10.8 Å². The molecule has 3 aromatic carbocycles. The van der Waals surface area contributed by atoms with Gasteiger partial charge < -0.3 is 0 Å².